The number of carbonyl (C=O) groups is 1. The maximum absolute atomic E-state index is 13.2. The van der Waals surface area contributed by atoms with Gasteiger partial charge in [0.25, 0.3) is 5.91 Å². The van der Waals surface area contributed by atoms with E-state index < -0.39 is 0 Å². The molecule has 0 aliphatic carbocycles. The zero-order valence-corrected chi connectivity index (χ0v) is 15.2. The van der Waals surface area contributed by atoms with Crippen LogP contribution in [0.1, 0.15) is 40.9 Å². The first-order chi connectivity index (χ1) is 13.1. The predicted octanol–water partition coefficient (Wildman–Crippen LogP) is 3.85. The Morgan fingerprint density at radius 3 is 2.78 bits per heavy atom. The van der Waals surface area contributed by atoms with Crippen LogP contribution in [0.5, 0.6) is 0 Å². The molecule has 1 fully saturated rings. The summed E-state index contributed by atoms with van der Waals surface area (Å²) in [5.74, 6) is -0.300. The summed E-state index contributed by atoms with van der Waals surface area (Å²) in [5.41, 5.74) is 3.61. The number of rotatable bonds is 3. The molecule has 140 valence electrons. The summed E-state index contributed by atoms with van der Waals surface area (Å²) in [7, 11) is 0. The van der Waals surface area contributed by atoms with Gasteiger partial charge in [-0.3, -0.25) is 4.79 Å². The van der Waals surface area contributed by atoms with E-state index in [2.05, 4.69) is 11.4 Å². The summed E-state index contributed by atoms with van der Waals surface area (Å²) >= 11 is 0. The number of halogens is 1. The standard InChI is InChI=1S/C22H23FN2O2/c1-2-3-14-4-9-19-18(12-14)21-17(20(13-26)24-19)10-11-25(21)22(27)15-5-7-16(23)8-6-15/h2-9,12,17,20-21,24,26H,10-11,13H2,1H3/t17-,20+,21-/m1/s1. The van der Waals surface area contributed by atoms with Crippen molar-refractivity contribution in [3.05, 3.63) is 71.0 Å². The fourth-order valence-electron chi connectivity index (χ4n) is 4.36. The number of anilines is 1. The van der Waals surface area contributed by atoms with Crippen molar-refractivity contribution < 1.29 is 14.3 Å². The highest BCUT2D eigenvalue weighted by Gasteiger charge is 2.45. The van der Waals surface area contributed by atoms with E-state index in [4.69, 9.17) is 0 Å². The largest absolute Gasteiger partial charge is 0.394 e. The third-order valence-corrected chi connectivity index (χ3v) is 5.60. The van der Waals surface area contributed by atoms with Crippen molar-refractivity contribution in [2.24, 2.45) is 5.92 Å². The number of aliphatic hydroxyl groups is 1. The van der Waals surface area contributed by atoms with Gasteiger partial charge >= 0.3 is 0 Å². The third-order valence-electron chi connectivity index (χ3n) is 5.60. The first-order valence-corrected chi connectivity index (χ1v) is 9.33. The summed E-state index contributed by atoms with van der Waals surface area (Å²) in [5, 5.41) is 13.3. The number of fused-ring (bicyclic) bond motifs is 3. The molecule has 2 aromatic rings. The van der Waals surface area contributed by atoms with E-state index in [9.17, 15) is 14.3 Å². The molecule has 0 spiro atoms. The number of aliphatic hydroxyl groups excluding tert-OH is 1. The monoisotopic (exact) mass is 366 g/mol. The van der Waals surface area contributed by atoms with Crippen LogP contribution in [0, 0.1) is 11.7 Å². The Morgan fingerprint density at radius 2 is 2.07 bits per heavy atom. The highest BCUT2D eigenvalue weighted by molar-refractivity contribution is 5.95. The van der Waals surface area contributed by atoms with Crippen molar-refractivity contribution in [3.8, 4) is 0 Å². The normalized spacial score (nSPS) is 23.8. The Hall–Kier alpha value is -2.66. The molecule has 1 amide bonds. The van der Waals surface area contributed by atoms with Gasteiger partial charge in [0.1, 0.15) is 5.82 Å². The number of hydrogen-bond donors (Lipinski definition) is 2. The first kappa shape index (κ1) is 17.7. The second-order valence-corrected chi connectivity index (χ2v) is 7.18. The van der Waals surface area contributed by atoms with Crippen molar-refractivity contribution in [3.63, 3.8) is 0 Å². The lowest BCUT2D eigenvalue weighted by molar-refractivity contribution is 0.0701. The minimum Gasteiger partial charge on any atom is -0.394 e. The van der Waals surface area contributed by atoms with Gasteiger partial charge in [-0.25, -0.2) is 4.39 Å². The molecule has 0 aromatic heterocycles. The summed E-state index contributed by atoms with van der Waals surface area (Å²) in [4.78, 5) is 15.0. The molecule has 0 unspecified atom stereocenters. The average Bonchev–Trinajstić information content (AvgIpc) is 3.13. The third kappa shape index (κ3) is 3.12. The molecule has 0 saturated carbocycles. The molecular formula is C22H23FN2O2. The van der Waals surface area contributed by atoms with Crippen LogP contribution in [0.2, 0.25) is 0 Å². The van der Waals surface area contributed by atoms with E-state index >= 15 is 0 Å². The Balaban J connectivity index is 1.74. The van der Waals surface area contributed by atoms with Gasteiger partial charge < -0.3 is 15.3 Å². The Morgan fingerprint density at radius 1 is 1.30 bits per heavy atom. The lowest BCUT2D eigenvalue weighted by Crippen LogP contribution is -2.42. The molecule has 4 rings (SSSR count). The minimum atomic E-state index is -0.352. The lowest BCUT2D eigenvalue weighted by Gasteiger charge is -2.39. The number of nitrogens with one attached hydrogen (secondary N) is 1. The van der Waals surface area contributed by atoms with E-state index in [-0.39, 0.29) is 36.3 Å². The van der Waals surface area contributed by atoms with Gasteiger partial charge in [0.15, 0.2) is 0 Å². The van der Waals surface area contributed by atoms with E-state index in [1.165, 1.54) is 24.3 Å². The molecule has 2 heterocycles. The molecule has 2 N–H and O–H groups in total. The molecule has 1 saturated heterocycles. The predicted molar refractivity (Wildman–Crippen MR) is 104 cm³/mol. The number of allylic oxidation sites excluding steroid dienone is 1. The lowest BCUT2D eigenvalue weighted by atomic mass is 9.82. The SMILES string of the molecule is CC=Cc1ccc2c(c1)[C@H]1[C@H](CCN1C(=O)c1ccc(F)cc1)[C@H](CO)N2. The van der Waals surface area contributed by atoms with Crippen LogP contribution in [0.25, 0.3) is 6.08 Å². The molecule has 5 heteroatoms. The number of likely N-dealkylation sites (tertiary alicyclic amines) is 1. The minimum absolute atomic E-state index is 0.0236. The topological polar surface area (TPSA) is 52.6 Å². The zero-order valence-electron chi connectivity index (χ0n) is 15.2. The van der Waals surface area contributed by atoms with Crippen molar-refractivity contribution in [2.75, 3.05) is 18.5 Å². The molecular weight excluding hydrogens is 343 g/mol. The molecule has 2 aliphatic rings. The fourth-order valence-corrected chi connectivity index (χ4v) is 4.36. The van der Waals surface area contributed by atoms with Gasteiger partial charge in [-0.1, -0.05) is 18.2 Å². The fraction of sp³-hybridized carbons (Fsp3) is 0.318. The molecule has 27 heavy (non-hydrogen) atoms. The van der Waals surface area contributed by atoms with Crippen LogP contribution < -0.4 is 5.32 Å². The summed E-state index contributed by atoms with van der Waals surface area (Å²) < 4.78 is 13.2. The van der Waals surface area contributed by atoms with Crippen LogP contribution in [0.4, 0.5) is 10.1 Å². The van der Waals surface area contributed by atoms with E-state index in [0.29, 0.717) is 12.1 Å². The Bertz CT molecular complexity index is 878. The molecule has 4 nitrogen and oxygen atoms in total. The summed E-state index contributed by atoms with van der Waals surface area (Å²) in [6.45, 7) is 2.62. The number of carbonyl (C=O) groups excluding carboxylic acids is 1. The maximum Gasteiger partial charge on any atom is 0.254 e. The van der Waals surface area contributed by atoms with Crippen molar-refractivity contribution in [2.45, 2.75) is 25.4 Å². The molecule has 2 aliphatic heterocycles. The number of hydrogen-bond acceptors (Lipinski definition) is 3. The summed E-state index contributed by atoms with van der Waals surface area (Å²) in [6.07, 6.45) is 4.85. The Kier molecular flexibility index (Phi) is 4.70. The van der Waals surface area contributed by atoms with Gasteiger partial charge in [-0.15, -0.1) is 0 Å². The number of benzene rings is 2. The van der Waals surface area contributed by atoms with Crippen molar-refractivity contribution in [1.29, 1.82) is 0 Å². The van der Waals surface area contributed by atoms with Crippen LogP contribution in [-0.2, 0) is 0 Å². The highest BCUT2D eigenvalue weighted by atomic mass is 19.1. The van der Waals surface area contributed by atoms with Gasteiger partial charge in [0.2, 0.25) is 0 Å². The van der Waals surface area contributed by atoms with Crippen LogP contribution >= 0.6 is 0 Å². The van der Waals surface area contributed by atoms with Crippen LogP contribution in [0.15, 0.2) is 48.5 Å². The zero-order chi connectivity index (χ0) is 19.0. The van der Waals surface area contributed by atoms with Gasteiger partial charge in [0, 0.05) is 23.7 Å². The molecule has 0 radical (unpaired) electrons. The van der Waals surface area contributed by atoms with Gasteiger partial charge in [-0.05, 0) is 60.9 Å². The van der Waals surface area contributed by atoms with Crippen molar-refractivity contribution in [1.82, 2.24) is 4.90 Å². The van der Waals surface area contributed by atoms with Crippen LogP contribution in [0.3, 0.4) is 0 Å². The van der Waals surface area contributed by atoms with Gasteiger partial charge in [-0.2, -0.15) is 0 Å². The van der Waals surface area contributed by atoms with E-state index in [0.717, 1.165) is 23.2 Å². The second-order valence-electron chi connectivity index (χ2n) is 7.18. The van der Waals surface area contributed by atoms with E-state index in [1.54, 1.807) is 0 Å². The van der Waals surface area contributed by atoms with Gasteiger partial charge in [0.05, 0.1) is 18.7 Å². The molecule has 2 aromatic carbocycles. The van der Waals surface area contributed by atoms with E-state index in [1.807, 2.05) is 36.1 Å². The van der Waals surface area contributed by atoms with Crippen molar-refractivity contribution >= 4 is 17.7 Å². The first-order valence-electron chi connectivity index (χ1n) is 9.33. The van der Waals surface area contributed by atoms with Crippen LogP contribution in [-0.4, -0.2) is 35.1 Å². The molecule has 0 bridgehead atoms. The number of nitrogens with zero attached hydrogens (tertiary/aromatic N) is 1. The maximum atomic E-state index is 13.2. The smallest absolute Gasteiger partial charge is 0.254 e. The molecule has 3 atom stereocenters. The quantitative estimate of drug-likeness (QED) is 0.868. The average molecular weight is 366 g/mol. The Labute approximate surface area is 158 Å². The second kappa shape index (κ2) is 7.16. The highest BCUT2D eigenvalue weighted by Crippen LogP contribution is 2.47. The summed E-state index contributed by atoms with van der Waals surface area (Å²) in [6, 6.07) is 11.7. The number of amides is 1.